The van der Waals surface area contributed by atoms with Gasteiger partial charge in [-0.2, -0.15) is 4.31 Å². The third kappa shape index (κ3) is 4.35. The fraction of sp³-hybridized carbons (Fsp3) is 0.417. The van der Waals surface area contributed by atoms with Crippen molar-refractivity contribution in [2.24, 2.45) is 11.8 Å². The molecule has 1 N–H and O–H groups in total. The summed E-state index contributed by atoms with van der Waals surface area (Å²) < 4.78 is 38.0. The molecule has 10 heteroatoms. The van der Waals surface area contributed by atoms with Crippen LogP contribution in [0.15, 0.2) is 47.4 Å². The Morgan fingerprint density at radius 1 is 1.03 bits per heavy atom. The Kier molecular flexibility index (Phi) is 5.95. The molecule has 3 aliphatic rings. The summed E-state index contributed by atoms with van der Waals surface area (Å²) in [6.07, 6.45) is 1.80. The standard InChI is InChI=1S/C24H27N3O6S/c1-16-8-10-26(11-9-16)34(30,31)20-5-3-19(4-6-20)27-14-17(12-23(27)28)24(29)25-18-2-7-21-22(13-18)33-15-32-21/h2-7,13,16-17H,8-12,14-15H2,1H3,(H,25,29). The first kappa shape index (κ1) is 22.7. The minimum absolute atomic E-state index is 0.0857. The van der Waals surface area contributed by atoms with Gasteiger partial charge in [-0.15, -0.1) is 0 Å². The summed E-state index contributed by atoms with van der Waals surface area (Å²) in [6, 6.07) is 11.5. The molecule has 180 valence electrons. The van der Waals surface area contributed by atoms with Gasteiger partial charge in [-0.25, -0.2) is 8.42 Å². The van der Waals surface area contributed by atoms with E-state index in [1.165, 1.54) is 21.3 Å². The topological polar surface area (TPSA) is 105 Å². The molecule has 3 heterocycles. The van der Waals surface area contributed by atoms with Crippen LogP contribution in [0.3, 0.4) is 0 Å². The lowest BCUT2D eigenvalue weighted by Gasteiger charge is -2.29. The Morgan fingerprint density at radius 2 is 1.74 bits per heavy atom. The molecule has 1 unspecified atom stereocenters. The number of fused-ring (bicyclic) bond motifs is 1. The van der Waals surface area contributed by atoms with Crippen molar-refractivity contribution < 1.29 is 27.5 Å². The number of anilines is 2. The second kappa shape index (κ2) is 8.92. The number of carbonyl (C=O) groups excluding carboxylic acids is 2. The molecule has 0 aliphatic carbocycles. The molecule has 34 heavy (non-hydrogen) atoms. The Bertz CT molecular complexity index is 1210. The molecule has 1 atom stereocenters. The van der Waals surface area contributed by atoms with Crippen LogP contribution < -0.4 is 19.7 Å². The number of hydrogen-bond donors (Lipinski definition) is 1. The summed E-state index contributed by atoms with van der Waals surface area (Å²) in [5.41, 5.74) is 1.15. The summed E-state index contributed by atoms with van der Waals surface area (Å²) in [6.45, 7) is 3.56. The monoisotopic (exact) mass is 485 g/mol. The maximum Gasteiger partial charge on any atom is 0.243 e. The number of piperidine rings is 1. The van der Waals surface area contributed by atoms with Crippen molar-refractivity contribution in [3.05, 3.63) is 42.5 Å². The predicted molar refractivity (Wildman–Crippen MR) is 125 cm³/mol. The number of benzene rings is 2. The number of hydrogen-bond acceptors (Lipinski definition) is 6. The number of amides is 2. The van der Waals surface area contributed by atoms with Crippen molar-refractivity contribution in [2.75, 3.05) is 36.6 Å². The van der Waals surface area contributed by atoms with Crippen molar-refractivity contribution in [2.45, 2.75) is 31.1 Å². The summed E-state index contributed by atoms with van der Waals surface area (Å²) >= 11 is 0. The Morgan fingerprint density at radius 3 is 2.47 bits per heavy atom. The largest absolute Gasteiger partial charge is 0.454 e. The van der Waals surface area contributed by atoms with Gasteiger partial charge in [0.2, 0.25) is 28.6 Å². The third-order valence-electron chi connectivity index (χ3n) is 6.66. The number of nitrogens with one attached hydrogen (secondary N) is 1. The molecule has 2 saturated heterocycles. The van der Waals surface area contributed by atoms with Crippen molar-refractivity contribution in [3.8, 4) is 11.5 Å². The first-order valence-corrected chi connectivity index (χ1v) is 12.9. The van der Waals surface area contributed by atoms with Crippen LogP contribution in [0.1, 0.15) is 26.2 Å². The molecule has 0 aromatic heterocycles. The molecule has 5 rings (SSSR count). The zero-order valence-electron chi connectivity index (χ0n) is 18.9. The highest BCUT2D eigenvalue weighted by molar-refractivity contribution is 7.89. The van der Waals surface area contributed by atoms with Crippen LogP contribution in [0.25, 0.3) is 0 Å². The van der Waals surface area contributed by atoms with Gasteiger partial charge in [0.15, 0.2) is 11.5 Å². The predicted octanol–water partition coefficient (Wildman–Crippen LogP) is 2.83. The van der Waals surface area contributed by atoms with Crippen molar-refractivity contribution in [1.82, 2.24) is 4.31 Å². The smallest absolute Gasteiger partial charge is 0.243 e. The van der Waals surface area contributed by atoms with Gasteiger partial charge in [0.25, 0.3) is 0 Å². The van der Waals surface area contributed by atoms with Crippen LogP contribution in [0.2, 0.25) is 0 Å². The van der Waals surface area contributed by atoms with Gasteiger partial charge in [0, 0.05) is 43.5 Å². The minimum atomic E-state index is -3.56. The van der Waals surface area contributed by atoms with Gasteiger partial charge < -0.3 is 19.7 Å². The van der Waals surface area contributed by atoms with Gasteiger partial charge in [0.1, 0.15) is 0 Å². The molecule has 2 amide bonds. The van der Waals surface area contributed by atoms with E-state index in [1.807, 2.05) is 0 Å². The molecule has 2 aromatic rings. The number of ether oxygens (including phenoxy) is 2. The number of nitrogens with zero attached hydrogens (tertiary/aromatic N) is 2. The summed E-state index contributed by atoms with van der Waals surface area (Å²) in [5.74, 6) is 0.776. The second-order valence-electron chi connectivity index (χ2n) is 9.04. The number of sulfonamides is 1. The lowest BCUT2D eigenvalue weighted by molar-refractivity contribution is -0.122. The van der Waals surface area contributed by atoms with Gasteiger partial charge in [-0.05, 0) is 55.2 Å². The molecular formula is C24H27N3O6S. The van der Waals surface area contributed by atoms with Crippen molar-refractivity contribution in [1.29, 1.82) is 0 Å². The zero-order chi connectivity index (χ0) is 23.9. The molecule has 2 fully saturated rings. The Hall–Kier alpha value is -3.11. The molecule has 0 bridgehead atoms. The molecule has 0 spiro atoms. The summed E-state index contributed by atoms with van der Waals surface area (Å²) in [7, 11) is -3.56. The van der Waals surface area contributed by atoms with Crippen LogP contribution in [0.4, 0.5) is 11.4 Å². The molecule has 0 saturated carbocycles. The van der Waals surface area contributed by atoms with Crippen LogP contribution in [0.5, 0.6) is 11.5 Å². The van der Waals surface area contributed by atoms with E-state index < -0.39 is 15.9 Å². The second-order valence-corrected chi connectivity index (χ2v) is 11.0. The summed E-state index contributed by atoms with van der Waals surface area (Å²) in [4.78, 5) is 27.2. The quantitative estimate of drug-likeness (QED) is 0.698. The van der Waals surface area contributed by atoms with Crippen LogP contribution in [-0.2, 0) is 19.6 Å². The average molecular weight is 486 g/mol. The van der Waals surface area contributed by atoms with E-state index >= 15 is 0 Å². The van der Waals surface area contributed by atoms with Gasteiger partial charge in [0.05, 0.1) is 10.8 Å². The third-order valence-corrected chi connectivity index (χ3v) is 8.58. The van der Waals surface area contributed by atoms with Gasteiger partial charge in [-0.1, -0.05) is 6.92 Å². The lowest BCUT2D eigenvalue weighted by atomic mass is 10.0. The van der Waals surface area contributed by atoms with E-state index in [0.29, 0.717) is 41.9 Å². The van der Waals surface area contributed by atoms with Crippen LogP contribution in [0, 0.1) is 11.8 Å². The highest BCUT2D eigenvalue weighted by Crippen LogP contribution is 2.35. The molecule has 9 nitrogen and oxygen atoms in total. The molecule has 2 aromatic carbocycles. The Balaban J connectivity index is 1.24. The summed E-state index contributed by atoms with van der Waals surface area (Å²) in [5, 5.41) is 2.84. The maximum absolute atomic E-state index is 13.0. The lowest BCUT2D eigenvalue weighted by Crippen LogP contribution is -2.37. The molecular weight excluding hydrogens is 458 g/mol. The van der Waals surface area contributed by atoms with E-state index in [1.54, 1.807) is 30.3 Å². The number of rotatable bonds is 5. The van der Waals surface area contributed by atoms with E-state index in [2.05, 4.69) is 12.2 Å². The average Bonchev–Trinajstić information content (AvgIpc) is 3.45. The minimum Gasteiger partial charge on any atom is -0.454 e. The SMILES string of the molecule is CC1CCN(S(=O)(=O)c2ccc(N3CC(C(=O)Nc4ccc5c(c4)OCO5)CC3=O)cc2)CC1. The first-order valence-electron chi connectivity index (χ1n) is 11.4. The van der Waals surface area contributed by atoms with Gasteiger partial charge in [-0.3, -0.25) is 9.59 Å². The van der Waals surface area contributed by atoms with E-state index in [4.69, 9.17) is 9.47 Å². The Labute approximate surface area is 198 Å². The highest BCUT2D eigenvalue weighted by Gasteiger charge is 2.36. The molecule has 0 radical (unpaired) electrons. The zero-order valence-corrected chi connectivity index (χ0v) is 19.7. The maximum atomic E-state index is 13.0. The van der Waals surface area contributed by atoms with Crippen LogP contribution >= 0.6 is 0 Å². The van der Waals surface area contributed by atoms with Crippen molar-refractivity contribution >= 4 is 33.2 Å². The highest BCUT2D eigenvalue weighted by atomic mass is 32.2. The fourth-order valence-electron chi connectivity index (χ4n) is 4.52. The fourth-order valence-corrected chi connectivity index (χ4v) is 5.99. The van der Waals surface area contributed by atoms with E-state index in [-0.39, 0.29) is 36.5 Å². The van der Waals surface area contributed by atoms with Gasteiger partial charge >= 0.3 is 0 Å². The number of carbonyl (C=O) groups is 2. The molecule has 3 aliphatic heterocycles. The van der Waals surface area contributed by atoms with E-state index in [0.717, 1.165) is 12.8 Å². The first-order chi connectivity index (χ1) is 16.3. The normalized spacial score (nSPS) is 21.1. The van der Waals surface area contributed by atoms with E-state index in [9.17, 15) is 18.0 Å². The van der Waals surface area contributed by atoms with Crippen molar-refractivity contribution in [3.63, 3.8) is 0 Å². The van der Waals surface area contributed by atoms with Crippen LogP contribution in [-0.4, -0.2) is 51.0 Å².